The van der Waals surface area contributed by atoms with Crippen molar-refractivity contribution in [3.8, 4) is 0 Å². The molecule has 24 heavy (non-hydrogen) atoms. The van der Waals surface area contributed by atoms with Crippen LogP contribution in [0.1, 0.15) is 27.6 Å². The molecule has 0 spiro atoms. The summed E-state index contributed by atoms with van der Waals surface area (Å²) >= 11 is 0. The van der Waals surface area contributed by atoms with Crippen LogP contribution in [0.4, 0.5) is 4.39 Å². The number of aliphatic hydroxyl groups excluding tert-OH is 1. The first kappa shape index (κ1) is 16.1. The van der Waals surface area contributed by atoms with Crippen molar-refractivity contribution < 1.29 is 14.3 Å². The Labute approximate surface area is 139 Å². The lowest BCUT2D eigenvalue weighted by Gasteiger charge is -2.13. The van der Waals surface area contributed by atoms with Gasteiger partial charge in [-0.2, -0.15) is 0 Å². The molecule has 1 atom stereocenters. The van der Waals surface area contributed by atoms with Crippen molar-refractivity contribution in [2.45, 2.75) is 13.0 Å². The first-order valence-corrected chi connectivity index (χ1v) is 7.76. The molecule has 0 saturated heterocycles. The van der Waals surface area contributed by atoms with Crippen LogP contribution in [0.5, 0.6) is 0 Å². The molecule has 1 amide bonds. The highest BCUT2D eigenvalue weighted by molar-refractivity contribution is 5.94. The maximum Gasteiger partial charge on any atom is 0.254 e. The lowest BCUT2D eigenvalue weighted by Crippen LogP contribution is -2.29. The third kappa shape index (κ3) is 3.44. The van der Waals surface area contributed by atoms with Crippen molar-refractivity contribution in [1.82, 2.24) is 5.32 Å². The number of hydrogen-bond donors (Lipinski definition) is 2. The first-order chi connectivity index (χ1) is 11.5. The maximum absolute atomic E-state index is 13.8. The summed E-state index contributed by atoms with van der Waals surface area (Å²) in [6, 6.07) is 17.9. The molecule has 122 valence electrons. The van der Waals surface area contributed by atoms with Crippen molar-refractivity contribution in [2.75, 3.05) is 6.54 Å². The number of aryl methyl sites for hydroxylation is 1. The van der Waals surface area contributed by atoms with Gasteiger partial charge in [0.2, 0.25) is 0 Å². The number of amides is 1. The molecular formula is C20H18FNO2. The van der Waals surface area contributed by atoms with Crippen LogP contribution in [-0.2, 0) is 0 Å². The fourth-order valence-electron chi connectivity index (χ4n) is 2.62. The van der Waals surface area contributed by atoms with E-state index in [1.807, 2.05) is 42.5 Å². The number of carbonyl (C=O) groups is 1. The van der Waals surface area contributed by atoms with E-state index < -0.39 is 17.8 Å². The summed E-state index contributed by atoms with van der Waals surface area (Å²) in [5, 5.41) is 15.0. The van der Waals surface area contributed by atoms with E-state index in [-0.39, 0.29) is 12.1 Å². The van der Waals surface area contributed by atoms with Crippen molar-refractivity contribution in [1.29, 1.82) is 0 Å². The molecule has 0 radical (unpaired) electrons. The predicted molar refractivity (Wildman–Crippen MR) is 92.4 cm³/mol. The van der Waals surface area contributed by atoms with Gasteiger partial charge in [0.15, 0.2) is 0 Å². The van der Waals surface area contributed by atoms with Crippen molar-refractivity contribution in [3.05, 3.63) is 83.2 Å². The second-order valence-electron chi connectivity index (χ2n) is 5.82. The molecule has 0 aliphatic carbocycles. The van der Waals surface area contributed by atoms with E-state index in [4.69, 9.17) is 0 Å². The highest BCUT2D eigenvalue weighted by atomic mass is 19.1. The quantitative estimate of drug-likeness (QED) is 0.768. The topological polar surface area (TPSA) is 49.3 Å². The van der Waals surface area contributed by atoms with Gasteiger partial charge in [0.25, 0.3) is 5.91 Å². The molecule has 0 aliphatic rings. The van der Waals surface area contributed by atoms with E-state index in [9.17, 15) is 14.3 Å². The number of rotatable bonds is 4. The van der Waals surface area contributed by atoms with Crippen molar-refractivity contribution >= 4 is 16.7 Å². The zero-order chi connectivity index (χ0) is 17.1. The van der Waals surface area contributed by atoms with Gasteiger partial charge in [-0.05, 0) is 47.0 Å². The highest BCUT2D eigenvalue weighted by Crippen LogP contribution is 2.20. The third-order valence-corrected chi connectivity index (χ3v) is 3.98. The van der Waals surface area contributed by atoms with E-state index in [0.717, 1.165) is 16.3 Å². The van der Waals surface area contributed by atoms with Crippen LogP contribution in [0.25, 0.3) is 10.8 Å². The van der Waals surface area contributed by atoms with Crippen LogP contribution in [0, 0.1) is 12.7 Å². The largest absolute Gasteiger partial charge is 0.387 e. The number of carbonyl (C=O) groups excluding carboxylic acids is 1. The van der Waals surface area contributed by atoms with Gasteiger partial charge < -0.3 is 10.4 Å². The average Bonchev–Trinajstić information content (AvgIpc) is 2.59. The summed E-state index contributed by atoms with van der Waals surface area (Å²) < 4.78 is 13.8. The fourth-order valence-corrected chi connectivity index (χ4v) is 2.62. The lowest BCUT2D eigenvalue weighted by molar-refractivity contribution is 0.0912. The molecule has 2 N–H and O–H groups in total. The minimum atomic E-state index is -0.855. The number of benzene rings is 3. The summed E-state index contributed by atoms with van der Waals surface area (Å²) in [6.45, 7) is 1.78. The number of halogens is 1. The smallest absolute Gasteiger partial charge is 0.254 e. The molecule has 1 unspecified atom stereocenters. The molecule has 4 heteroatoms. The number of hydrogen-bond acceptors (Lipinski definition) is 2. The zero-order valence-electron chi connectivity index (χ0n) is 13.3. The van der Waals surface area contributed by atoms with Crippen molar-refractivity contribution in [3.63, 3.8) is 0 Å². The van der Waals surface area contributed by atoms with Crippen LogP contribution in [-0.4, -0.2) is 17.6 Å². The predicted octanol–water partition coefficient (Wildman–Crippen LogP) is 3.75. The second kappa shape index (κ2) is 6.81. The Kier molecular flexibility index (Phi) is 4.58. The molecule has 0 fully saturated rings. The SMILES string of the molecule is Cc1ccc(C(=O)NCC(O)c2ccc3ccccc3c2)c(F)c1. The Morgan fingerprint density at radius 3 is 2.58 bits per heavy atom. The Morgan fingerprint density at radius 2 is 1.83 bits per heavy atom. The van der Waals surface area contributed by atoms with Gasteiger partial charge in [-0.15, -0.1) is 0 Å². The van der Waals surface area contributed by atoms with Crippen LogP contribution >= 0.6 is 0 Å². The summed E-state index contributed by atoms with van der Waals surface area (Å²) in [5.74, 6) is -1.10. The lowest BCUT2D eigenvalue weighted by atomic mass is 10.0. The molecule has 3 nitrogen and oxygen atoms in total. The number of aliphatic hydroxyl groups is 1. The van der Waals surface area contributed by atoms with E-state index in [2.05, 4.69) is 5.32 Å². The van der Waals surface area contributed by atoms with Gasteiger partial charge in [-0.1, -0.05) is 42.5 Å². The number of nitrogens with one attached hydrogen (secondary N) is 1. The minimum absolute atomic E-state index is 0.0183. The molecule has 0 heterocycles. The van der Waals surface area contributed by atoms with Gasteiger partial charge in [0, 0.05) is 6.54 Å². The molecule has 3 rings (SSSR count). The first-order valence-electron chi connectivity index (χ1n) is 7.76. The summed E-state index contributed by atoms with van der Waals surface area (Å²) in [7, 11) is 0. The van der Waals surface area contributed by atoms with Crippen molar-refractivity contribution in [2.24, 2.45) is 0 Å². The highest BCUT2D eigenvalue weighted by Gasteiger charge is 2.14. The second-order valence-corrected chi connectivity index (χ2v) is 5.82. The van der Waals surface area contributed by atoms with Crippen LogP contribution < -0.4 is 5.32 Å². The van der Waals surface area contributed by atoms with Gasteiger partial charge in [-0.3, -0.25) is 4.79 Å². The maximum atomic E-state index is 13.8. The van der Waals surface area contributed by atoms with E-state index >= 15 is 0 Å². The van der Waals surface area contributed by atoms with Gasteiger partial charge >= 0.3 is 0 Å². The summed E-state index contributed by atoms with van der Waals surface area (Å²) in [6.07, 6.45) is -0.855. The fraction of sp³-hybridized carbons (Fsp3) is 0.150. The standard InChI is InChI=1S/C20H18FNO2/c1-13-6-9-17(18(21)10-13)20(24)22-12-19(23)16-8-7-14-4-2-3-5-15(14)11-16/h2-11,19,23H,12H2,1H3,(H,22,24). The number of fused-ring (bicyclic) bond motifs is 1. The molecule has 0 saturated carbocycles. The normalized spacial score (nSPS) is 12.1. The van der Waals surface area contributed by atoms with E-state index in [0.29, 0.717) is 5.56 Å². The molecule has 0 aliphatic heterocycles. The molecule has 3 aromatic carbocycles. The average molecular weight is 323 g/mol. The molecule has 3 aromatic rings. The monoisotopic (exact) mass is 323 g/mol. The molecule has 0 bridgehead atoms. The summed E-state index contributed by atoms with van der Waals surface area (Å²) in [5.41, 5.74) is 1.44. The Bertz CT molecular complexity index is 892. The van der Waals surface area contributed by atoms with E-state index in [1.54, 1.807) is 13.0 Å². The zero-order valence-corrected chi connectivity index (χ0v) is 13.3. The van der Waals surface area contributed by atoms with Gasteiger partial charge in [-0.25, -0.2) is 4.39 Å². The van der Waals surface area contributed by atoms with Crippen LogP contribution in [0.15, 0.2) is 60.7 Å². The van der Waals surface area contributed by atoms with Gasteiger partial charge in [0.05, 0.1) is 11.7 Å². The Hall–Kier alpha value is -2.72. The third-order valence-electron chi connectivity index (χ3n) is 3.98. The van der Waals surface area contributed by atoms with E-state index in [1.165, 1.54) is 12.1 Å². The Morgan fingerprint density at radius 1 is 1.08 bits per heavy atom. The molecule has 0 aromatic heterocycles. The summed E-state index contributed by atoms with van der Waals surface area (Å²) in [4.78, 5) is 12.1. The van der Waals surface area contributed by atoms with Gasteiger partial charge in [0.1, 0.15) is 5.82 Å². The Balaban J connectivity index is 1.69. The minimum Gasteiger partial charge on any atom is -0.387 e. The van der Waals surface area contributed by atoms with Crippen LogP contribution in [0.2, 0.25) is 0 Å². The van der Waals surface area contributed by atoms with Crippen LogP contribution in [0.3, 0.4) is 0 Å². The molecular weight excluding hydrogens is 305 g/mol.